The molecule has 0 aliphatic carbocycles. The van der Waals surface area contributed by atoms with Crippen LogP contribution in [0.1, 0.15) is 17.9 Å². The quantitative estimate of drug-likeness (QED) is 0.784. The van der Waals surface area contributed by atoms with Gasteiger partial charge in [-0.05, 0) is 40.5 Å². The molecule has 1 aromatic rings. The molecule has 13 heavy (non-hydrogen) atoms. The van der Waals surface area contributed by atoms with Crippen molar-refractivity contribution in [1.82, 2.24) is 10.3 Å². The largest absolute Gasteiger partial charge is 0.383 e. The number of pyridine rings is 1. The van der Waals surface area contributed by atoms with Gasteiger partial charge in [-0.2, -0.15) is 0 Å². The van der Waals surface area contributed by atoms with Crippen LogP contribution in [0, 0.1) is 0 Å². The van der Waals surface area contributed by atoms with E-state index in [-0.39, 0.29) is 0 Å². The molecule has 1 unspecified atom stereocenters. The lowest BCUT2D eigenvalue weighted by molar-refractivity contribution is 0.761. The zero-order valence-electron chi connectivity index (χ0n) is 7.26. The maximum Gasteiger partial charge on any atom is 0.126 e. The average Bonchev–Trinajstić information content (AvgIpc) is 2.61. The van der Waals surface area contributed by atoms with Gasteiger partial charge in [-0.15, -0.1) is 0 Å². The van der Waals surface area contributed by atoms with E-state index in [0.29, 0.717) is 11.7 Å². The van der Waals surface area contributed by atoms with Crippen molar-refractivity contribution in [3.05, 3.63) is 22.3 Å². The number of halogens is 1. The van der Waals surface area contributed by atoms with Gasteiger partial charge in [0.25, 0.3) is 0 Å². The second-order valence-corrected chi connectivity index (χ2v) is 4.23. The highest BCUT2D eigenvalue weighted by Crippen LogP contribution is 2.28. The Morgan fingerprint density at radius 1 is 1.62 bits per heavy atom. The number of hydrogen-bond acceptors (Lipinski definition) is 3. The minimum atomic E-state index is 0.532. The first-order valence-electron chi connectivity index (χ1n) is 4.39. The molecule has 1 saturated heterocycles. The van der Waals surface area contributed by atoms with Crippen LogP contribution in [-0.2, 0) is 0 Å². The van der Waals surface area contributed by atoms with Crippen LogP contribution < -0.4 is 11.1 Å². The molecule has 1 aromatic heterocycles. The molecular formula is C9H12BrN3. The van der Waals surface area contributed by atoms with Crippen LogP contribution in [0.4, 0.5) is 5.82 Å². The van der Waals surface area contributed by atoms with Gasteiger partial charge in [0.05, 0.1) is 0 Å². The standard InChI is InChI=1S/C9H12BrN3/c10-7-3-8(9(11)13-5-7)6-1-2-12-4-6/h3,5-6,12H,1-2,4H2,(H2,11,13). The Kier molecular flexibility index (Phi) is 2.51. The van der Waals surface area contributed by atoms with Crippen LogP contribution in [0.3, 0.4) is 0 Å². The Bertz CT molecular complexity index is 308. The lowest BCUT2D eigenvalue weighted by Crippen LogP contribution is -2.09. The van der Waals surface area contributed by atoms with E-state index in [1.54, 1.807) is 6.20 Å². The molecular weight excluding hydrogens is 230 g/mol. The van der Waals surface area contributed by atoms with Crippen molar-refractivity contribution in [3.63, 3.8) is 0 Å². The first-order chi connectivity index (χ1) is 6.27. The van der Waals surface area contributed by atoms with Crippen molar-refractivity contribution in [2.24, 2.45) is 0 Å². The van der Waals surface area contributed by atoms with Gasteiger partial charge in [0.15, 0.2) is 0 Å². The minimum absolute atomic E-state index is 0.532. The molecule has 0 radical (unpaired) electrons. The number of nitrogens with one attached hydrogen (secondary N) is 1. The van der Waals surface area contributed by atoms with Crippen LogP contribution in [0.2, 0.25) is 0 Å². The Hall–Kier alpha value is -0.610. The van der Waals surface area contributed by atoms with E-state index in [0.717, 1.165) is 24.0 Å². The summed E-state index contributed by atoms with van der Waals surface area (Å²) in [4.78, 5) is 4.13. The van der Waals surface area contributed by atoms with Crippen molar-refractivity contribution in [2.45, 2.75) is 12.3 Å². The van der Waals surface area contributed by atoms with Crippen LogP contribution in [-0.4, -0.2) is 18.1 Å². The summed E-state index contributed by atoms with van der Waals surface area (Å²) >= 11 is 3.40. The van der Waals surface area contributed by atoms with Gasteiger partial charge in [-0.25, -0.2) is 4.98 Å². The van der Waals surface area contributed by atoms with E-state index in [2.05, 4.69) is 32.3 Å². The van der Waals surface area contributed by atoms with Crippen LogP contribution in [0.5, 0.6) is 0 Å². The monoisotopic (exact) mass is 241 g/mol. The first-order valence-corrected chi connectivity index (χ1v) is 5.18. The van der Waals surface area contributed by atoms with Gasteiger partial charge in [0.2, 0.25) is 0 Å². The van der Waals surface area contributed by atoms with Gasteiger partial charge in [0, 0.05) is 23.1 Å². The normalized spacial score (nSPS) is 22.1. The molecule has 0 bridgehead atoms. The van der Waals surface area contributed by atoms with E-state index in [1.807, 2.05) is 0 Å². The average molecular weight is 242 g/mol. The third-order valence-corrected chi connectivity index (χ3v) is 2.85. The number of nitrogens with two attached hydrogens (primary N) is 1. The van der Waals surface area contributed by atoms with Crippen molar-refractivity contribution in [1.29, 1.82) is 0 Å². The molecule has 0 spiro atoms. The Labute approximate surface area is 85.9 Å². The SMILES string of the molecule is Nc1ncc(Br)cc1C1CCNC1. The van der Waals surface area contributed by atoms with Crippen molar-refractivity contribution in [3.8, 4) is 0 Å². The molecule has 1 atom stereocenters. The molecule has 2 heterocycles. The number of nitrogens with zero attached hydrogens (tertiary/aromatic N) is 1. The summed E-state index contributed by atoms with van der Waals surface area (Å²) in [6.45, 7) is 2.10. The molecule has 3 nitrogen and oxygen atoms in total. The van der Waals surface area contributed by atoms with Gasteiger partial charge in [0.1, 0.15) is 5.82 Å². The third-order valence-electron chi connectivity index (χ3n) is 2.42. The predicted molar refractivity (Wildman–Crippen MR) is 56.6 cm³/mol. The van der Waals surface area contributed by atoms with E-state index < -0.39 is 0 Å². The highest BCUT2D eigenvalue weighted by molar-refractivity contribution is 9.10. The van der Waals surface area contributed by atoms with Gasteiger partial charge >= 0.3 is 0 Å². The second-order valence-electron chi connectivity index (χ2n) is 3.32. The zero-order chi connectivity index (χ0) is 9.26. The molecule has 2 rings (SSSR count). The molecule has 70 valence electrons. The number of hydrogen-bond donors (Lipinski definition) is 2. The van der Waals surface area contributed by atoms with Gasteiger partial charge in [-0.1, -0.05) is 0 Å². The summed E-state index contributed by atoms with van der Waals surface area (Å²) in [5, 5.41) is 3.32. The summed E-state index contributed by atoms with van der Waals surface area (Å²) in [5.74, 6) is 1.20. The number of aromatic nitrogens is 1. The van der Waals surface area contributed by atoms with Crippen molar-refractivity contribution >= 4 is 21.7 Å². The number of anilines is 1. The van der Waals surface area contributed by atoms with Crippen molar-refractivity contribution < 1.29 is 0 Å². The number of nitrogen functional groups attached to an aromatic ring is 1. The molecule has 0 aromatic carbocycles. The van der Waals surface area contributed by atoms with E-state index in [1.165, 1.54) is 5.56 Å². The summed E-state index contributed by atoms with van der Waals surface area (Å²) in [7, 11) is 0. The highest BCUT2D eigenvalue weighted by atomic mass is 79.9. The zero-order valence-corrected chi connectivity index (χ0v) is 8.84. The minimum Gasteiger partial charge on any atom is -0.383 e. The Morgan fingerprint density at radius 2 is 2.46 bits per heavy atom. The molecule has 1 aliphatic rings. The molecule has 1 fully saturated rings. The maximum absolute atomic E-state index is 5.81. The number of rotatable bonds is 1. The van der Waals surface area contributed by atoms with Crippen LogP contribution >= 0.6 is 15.9 Å². The van der Waals surface area contributed by atoms with E-state index in [4.69, 9.17) is 5.73 Å². The summed E-state index contributed by atoms with van der Waals surface area (Å²) < 4.78 is 1.00. The highest BCUT2D eigenvalue weighted by Gasteiger charge is 2.19. The first kappa shape index (κ1) is 8.97. The predicted octanol–water partition coefficient (Wildman–Crippen LogP) is 1.50. The summed E-state index contributed by atoms with van der Waals surface area (Å²) in [6.07, 6.45) is 2.89. The molecule has 0 amide bonds. The summed E-state index contributed by atoms with van der Waals surface area (Å²) in [6, 6.07) is 2.07. The van der Waals surface area contributed by atoms with Crippen molar-refractivity contribution in [2.75, 3.05) is 18.8 Å². The van der Waals surface area contributed by atoms with Gasteiger partial charge in [-0.3, -0.25) is 0 Å². The third kappa shape index (κ3) is 1.84. The van der Waals surface area contributed by atoms with E-state index >= 15 is 0 Å². The fraction of sp³-hybridized carbons (Fsp3) is 0.444. The van der Waals surface area contributed by atoms with E-state index in [9.17, 15) is 0 Å². The Balaban J connectivity index is 2.32. The lowest BCUT2D eigenvalue weighted by atomic mass is 9.99. The fourth-order valence-electron chi connectivity index (χ4n) is 1.71. The fourth-order valence-corrected chi connectivity index (χ4v) is 2.06. The topological polar surface area (TPSA) is 50.9 Å². The molecule has 4 heteroatoms. The summed E-state index contributed by atoms with van der Waals surface area (Å²) in [5.41, 5.74) is 6.98. The molecule has 3 N–H and O–H groups in total. The molecule has 0 saturated carbocycles. The maximum atomic E-state index is 5.81. The smallest absolute Gasteiger partial charge is 0.126 e. The van der Waals surface area contributed by atoms with Gasteiger partial charge < -0.3 is 11.1 Å². The molecule has 1 aliphatic heterocycles. The van der Waals surface area contributed by atoms with Crippen LogP contribution in [0.25, 0.3) is 0 Å². The Morgan fingerprint density at radius 3 is 3.15 bits per heavy atom. The van der Waals surface area contributed by atoms with Crippen LogP contribution in [0.15, 0.2) is 16.7 Å². The second kappa shape index (κ2) is 3.64. The lowest BCUT2D eigenvalue weighted by Gasteiger charge is -2.10.